The van der Waals surface area contributed by atoms with Crippen LogP contribution in [0.1, 0.15) is 5.56 Å². The second-order valence-corrected chi connectivity index (χ2v) is 12.4. The van der Waals surface area contributed by atoms with Crippen LogP contribution < -0.4 is 5.69 Å². The third-order valence-electron chi connectivity index (χ3n) is 9.58. The second-order valence-electron chi connectivity index (χ2n) is 12.4. The van der Waals surface area contributed by atoms with Crippen molar-refractivity contribution in [3.8, 4) is 50.8 Å². The fourth-order valence-corrected chi connectivity index (χ4v) is 7.21. The van der Waals surface area contributed by atoms with Gasteiger partial charge in [-0.05, 0) is 61.5 Å². The number of nitrogens with zero attached hydrogens (tertiary/aromatic N) is 5. The molecule has 3 heterocycles. The summed E-state index contributed by atoms with van der Waals surface area (Å²) in [6.07, 6.45) is 3.16. The molecule has 9 aromatic rings. The number of fused-ring (bicyclic) bond motifs is 5. The van der Waals surface area contributed by atoms with Crippen LogP contribution in [0.4, 0.5) is 0 Å². The summed E-state index contributed by atoms with van der Waals surface area (Å²) in [7, 11) is 1.64. The summed E-state index contributed by atoms with van der Waals surface area (Å²) in [4.78, 5) is 25.8. The molecule has 0 fully saturated rings. The third-order valence-corrected chi connectivity index (χ3v) is 9.58. The first-order chi connectivity index (χ1) is 24.6. The number of pyridine rings is 2. The molecule has 0 saturated heterocycles. The van der Waals surface area contributed by atoms with Gasteiger partial charge in [-0.2, -0.15) is 5.26 Å². The van der Waals surface area contributed by atoms with Crippen LogP contribution in [-0.4, -0.2) is 19.5 Å². The van der Waals surface area contributed by atoms with Gasteiger partial charge in [-0.1, -0.05) is 121 Å². The highest BCUT2D eigenvalue weighted by atomic mass is 16.1. The lowest BCUT2D eigenvalue weighted by atomic mass is 9.85. The van der Waals surface area contributed by atoms with Crippen molar-refractivity contribution in [2.45, 2.75) is 0 Å². The van der Waals surface area contributed by atoms with Gasteiger partial charge >= 0.3 is 5.69 Å². The molecular weight excluding hydrogens is 615 g/mol. The first kappa shape index (κ1) is 29.2. The normalized spacial score (nSPS) is 11.4. The molecule has 9 rings (SSSR count). The predicted molar refractivity (Wildman–Crippen MR) is 202 cm³/mol. The van der Waals surface area contributed by atoms with E-state index < -0.39 is 5.69 Å². The molecule has 0 bridgehead atoms. The lowest BCUT2D eigenvalue weighted by Gasteiger charge is -2.18. The Hall–Kier alpha value is -6.97. The maximum atomic E-state index is 12.3. The van der Waals surface area contributed by atoms with E-state index in [1.54, 1.807) is 7.05 Å². The van der Waals surface area contributed by atoms with E-state index in [9.17, 15) is 10.1 Å². The van der Waals surface area contributed by atoms with Crippen LogP contribution >= 0.6 is 0 Å². The van der Waals surface area contributed by atoms with Crippen LogP contribution in [0.2, 0.25) is 0 Å². The van der Waals surface area contributed by atoms with Crippen molar-refractivity contribution >= 4 is 43.4 Å². The summed E-state index contributed by atoms with van der Waals surface area (Å²) in [6.45, 7) is 0. The van der Waals surface area contributed by atoms with Crippen LogP contribution in [0.3, 0.4) is 0 Å². The Morgan fingerprint density at radius 1 is 0.560 bits per heavy atom. The molecule has 0 saturated carbocycles. The molecule has 0 spiro atoms. The third kappa shape index (κ3) is 4.64. The summed E-state index contributed by atoms with van der Waals surface area (Å²) in [6, 6.07) is 48.4. The van der Waals surface area contributed by atoms with E-state index in [0.29, 0.717) is 11.3 Å². The van der Waals surface area contributed by atoms with E-state index in [1.165, 1.54) is 16.3 Å². The van der Waals surface area contributed by atoms with Crippen molar-refractivity contribution in [2.24, 2.45) is 7.05 Å². The SMILES string of the molecule is Cn1c(-c2ccc(-c3c4ccccc4c(-c4ccc(-c5ccc6ccc7cccnc7c6n5)cc4)c4ccccc34)cc2)c(C#N)cnc1=O. The zero-order chi connectivity index (χ0) is 33.8. The molecule has 3 aromatic heterocycles. The van der Waals surface area contributed by atoms with Crippen molar-refractivity contribution in [3.05, 3.63) is 162 Å². The molecule has 6 heteroatoms. The molecule has 0 atom stereocenters. The molecular formula is C44H27N5O. The molecule has 0 aliphatic heterocycles. The molecule has 6 aromatic carbocycles. The van der Waals surface area contributed by atoms with Gasteiger partial charge in [-0.15, -0.1) is 0 Å². The summed E-state index contributed by atoms with van der Waals surface area (Å²) < 4.78 is 1.42. The quantitative estimate of drug-likeness (QED) is 0.141. The fourth-order valence-electron chi connectivity index (χ4n) is 7.21. The Balaban J connectivity index is 1.17. The Kier molecular flexibility index (Phi) is 6.78. The Bertz CT molecular complexity index is 2850. The van der Waals surface area contributed by atoms with Gasteiger partial charge in [0.2, 0.25) is 0 Å². The lowest BCUT2D eigenvalue weighted by Crippen LogP contribution is -2.22. The first-order valence-electron chi connectivity index (χ1n) is 16.3. The van der Waals surface area contributed by atoms with Crippen LogP contribution in [0, 0.1) is 11.3 Å². The van der Waals surface area contributed by atoms with Crippen LogP contribution in [0.25, 0.3) is 88.1 Å². The Morgan fingerprint density at radius 2 is 1.08 bits per heavy atom. The van der Waals surface area contributed by atoms with E-state index in [0.717, 1.165) is 76.9 Å². The highest BCUT2D eigenvalue weighted by molar-refractivity contribution is 6.21. The monoisotopic (exact) mass is 641 g/mol. The van der Waals surface area contributed by atoms with E-state index >= 15 is 0 Å². The lowest BCUT2D eigenvalue weighted by molar-refractivity contribution is 0.816. The van der Waals surface area contributed by atoms with Gasteiger partial charge in [0.05, 0.1) is 34.2 Å². The molecule has 0 unspecified atom stereocenters. The number of nitriles is 1. The van der Waals surface area contributed by atoms with Crippen LogP contribution in [0.5, 0.6) is 0 Å². The van der Waals surface area contributed by atoms with Gasteiger partial charge in [0, 0.05) is 29.6 Å². The van der Waals surface area contributed by atoms with Gasteiger partial charge in [0.25, 0.3) is 0 Å². The molecule has 0 radical (unpaired) electrons. The van der Waals surface area contributed by atoms with E-state index in [2.05, 4.69) is 131 Å². The van der Waals surface area contributed by atoms with Crippen molar-refractivity contribution in [1.29, 1.82) is 5.26 Å². The van der Waals surface area contributed by atoms with Crippen LogP contribution in [0.15, 0.2) is 151 Å². The zero-order valence-electron chi connectivity index (χ0n) is 27.0. The largest absolute Gasteiger partial charge is 0.347 e. The Labute approximate surface area is 287 Å². The number of rotatable bonds is 4. The maximum absolute atomic E-state index is 12.3. The maximum Gasteiger partial charge on any atom is 0.347 e. The van der Waals surface area contributed by atoms with Gasteiger partial charge in [-0.3, -0.25) is 9.55 Å². The van der Waals surface area contributed by atoms with Crippen molar-refractivity contribution < 1.29 is 0 Å². The molecule has 50 heavy (non-hydrogen) atoms. The molecule has 0 amide bonds. The Morgan fingerprint density at radius 3 is 1.66 bits per heavy atom. The zero-order valence-corrected chi connectivity index (χ0v) is 27.0. The number of hydrogen-bond acceptors (Lipinski definition) is 5. The molecule has 0 aliphatic rings. The fraction of sp³-hybridized carbons (Fsp3) is 0.0227. The summed E-state index contributed by atoms with van der Waals surface area (Å²) in [5, 5.41) is 16.5. The minimum Gasteiger partial charge on any atom is -0.294 e. The topological polar surface area (TPSA) is 84.5 Å². The van der Waals surface area contributed by atoms with Gasteiger partial charge in [0.15, 0.2) is 0 Å². The second kappa shape index (κ2) is 11.6. The van der Waals surface area contributed by atoms with Gasteiger partial charge in [0.1, 0.15) is 6.07 Å². The minimum absolute atomic E-state index is 0.355. The van der Waals surface area contributed by atoms with Crippen molar-refractivity contribution in [3.63, 3.8) is 0 Å². The summed E-state index contributed by atoms with van der Waals surface area (Å²) in [5.41, 5.74) is 9.53. The number of aromatic nitrogens is 4. The highest BCUT2D eigenvalue weighted by Gasteiger charge is 2.18. The molecule has 6 nitrogen and oxygen atoms in total. The standard InChI is InChI=1S/C44H27N5O/c1-49-43(33(25-45)26-47-44(49)50)32-20-16-29(17-21-32)40-36-10-4-2-8-34(36)39(35-9-3-5-11-37(35)40)28-14-12-27(13-15-28)38-23-22-31-19-18-30-7-6-24-46-41(30)42(31)48-38/h2-24,26H,1H3. The minimum atomic E-state index is -0.400. The van der Waals surface area contributed by atoms with Crippen LogP contribution in [-0.2, 0) is 7.05 Å². The average molecular weight is 642 g/mol. The summed E-state index contributed by atoms with van der Waals surface area (Å²) >= 11 is 0. The average Bonchev–Trinajstić information content (AvgIpc) is 3.18. The van der Waals surface area contributed by atoms with E-state index in [-0.39, 0.29) is 0 Å². The number of benzene rings is 6. The predicted octanol–water partition coefficient (Wildman–Crippen LogP) is 9.72. The smallest absolute Gasteiger partial charge is 0.294 e. The van der Waals surface area contributed by atoms with Gasteiger partial charge < -0.3 is 0 Å². The van der Waals surface area contributed by atoms with Crippen molar-refractivity contribution in [1.82, 2.24) is 19.5 Å². The van der Waals surface area contributed by atoms with E-state index in [1.807, 2.05) is 24.4 Å². The molecule has 0 N–H and O–H groups in total. The number of hydrogen-bond donors (Lipinski definition) is 0. The van der Waals surface area contributed by atoms with Gasteiger partial charge in [-0.25, -0.2) is 14.8 Å². The molecule has 234 valence electrons. The first-order valence-corrected chi connectivity index (χ1v) is 16.3. The highest BCUT2D eigenvalue weighted by Crippen LogP contribution is 2.44. The van der Waals surface area contributed by atoms with Crippen molar-refractivity contribution in [2.75, 3.05) is 0 Å². The summed E-state index contributed by atoms with van der Waals surface area (Å²) in [5.74, 6) is 0. The molecule has 0 aliphatic carbocycles. The van der Waals surface area contributed by atoms with E-state index in [4.69, 9.17) is 4.98 Å².